The minimum absolute atomic E-state index is 0.0856. The second-order valence-corrected chi connectivity index (χ2v) is 5.10. The molecular formula is C14H16ClFN2O3. The molecule has 0 atom stereocenters. The van der Waals surface area contributed by atoms with E-state index in [1.165, 1.54) is 30.0 Å². The normalized spacial score (nSPS) is 14.9. The van der Waals surface area contributed by atoms with Gasteiger partial charge in [-0.2, -0.15) is 0 Å². The van der Waals surface area contributed by atoms with E-state index in [2.05, 4.69) is 0 Å². The molecule has 0 saturated carbocycles. The Morgan fingerprint density at radius 3 is 2.62 bits per heavy atom. The third-order valence-corrected chi connectivity index (χ3v) is 3.54. The first-order chi connectivity index (χ1) is 9.99. The Morgan fingerprint density at radius 2 is 2.05 bits per heavy atom. The Labute approximate surface area is 127 Å². The van der Waals surface area contributed by atoms with Gasteiger partial charge in [0.2, 0.25) is 11.8 Å². The summed E-state index contributed by atoms with van der Waals surface area (Å²) in [5.41, 5.74) is 0.399. The number of nitrogens with zero attached hydrogens (tertiary/aromatic N) is 2. The van der Waals surface area contributed by atoms with Gasteiger partial charge in [-0.3, -0.25) is 9.59 Å². The van der Waals surface area contributed by atoms with Crippen molar-refractivity contribution >= 4 is 29.1 Å². The third kappa shape index (κ3) is 3.92. The van der Waals surface area contributed by atoms with Gasteiger partial charge in [0.05, 0.1) is 18.2 Å². The van der Waals surface area contributed by atoms with Crippen molar-refractivity contribution in [2.75, 3.05) is 37.7 Å². The van der Waals surface area contributed by atoms with Gasteiger partial charge in [0.1, 0.15) is 12.4 Å². The summed E-state index contributed by atoms with van der Waals surface area (Å²) in [7, 11) is 0. The Kier molecular flexibility index (Phi) is 5.14. The molecule has 21 heavy (non-hydrogen) atoms. The average molecular weight is 315 g/mol. The van der Waals surface area contributed by atoms with Crippen molar-refractivity contribution in [3.8, 4) is 0 Å². The highest BCUT2D eigenvalue weighted by Gasteiger charge is 2.22. The van der Waals surface area contributed by atoms with E-state index in [9.17, 15) is 14.0 Å². The predicted octanol–water partition coefficient (Wildman–Crippen LogP) is 1.69. The van der Waals surface area contributed by atoms with Gasteiger partial charge in [0, 0.05) is 25.7 Å². The maximum absolute atomic E-state index is 13.2. The van der Waals surface area contributed by atoms with Crippen LogP contribution in [0.25, 0.3) is 0 Å². The lowest BCUT2D eigenvalue weighted by Crippen LogP contribution is -2.46. The lowest BCUT2D eigenvalue weighted by molar-refractivity contribution is -0.134. The predicted molar refractivity (Wildman–Crippen MR) is 76.8 cm³/mol. The van der Waals surface area contributed by atoms with Gasteiger partial charge in [-0.25, -0.2) is 4.39 Å². The molecule has 1 fully saturated rings. The number of hydrogen-bond donors (Lipinski definition) is 0. The topological polar surface area (TPSA) is 49.9 Å². The number of ether oxygens (including phenoxy) is 1. The zero-order valence-corrected chi connectivity index (χ0v) is 12.4. The van der Waals surface area contributed by atoms with Crippen LogP contribution in [0.3, 0.4) is 0 Å². The number of hydrogen-bond acceptors (Lipinski definition) is 3. The van der Waals surface area contributed by atoms with Crippen LogP contribution in [-0.4, -0.2) is 49.6 Å². The van der Waals surface area contributed by atoms with Gasteiger partial charge in [0.15, 0.2) is 0 Å². The van der Waals surface area contributed by atoms with Crippen LogP contribution in [0.15, 0.2) is 18.2 Å². The van der Waals surface area contributed by atoms with Crippen LogP contribution < -0.4 is 4.90 Å². The fraction of sp³-hybridized carbons (Fsp3) is 0.429. The summed E-state index contributed by atoms with van der Waals surface area (Å²) >= 11 is 5.72. The molecule has 1 aliphatic rings. The maximum Gasteiger partial charge on any atom is 0.242 e. The van der Waals surface area contributed by atoms with Gasteiger partial charge < -0.3 is 14.5 Å². The van der Waals surface area contributed by atoms with E-state index >= 15 is 0 Å². The third-order valence-electron chi connectivity index (χ3n) is 3.25. The summed E-state index contributed by atoms with van der Waals surface area (Å²) < 4.78 is 18.4. The monoisotopic (exact) mass is 314 g/mol. The van der Waals surface area contributed by atoms with E-state index < -0.39 is 5.82 Å². The van der Waals surface area contributed by atoms with E-state index in [1.807, 2.05) is 0 Å². The molecule has 0 aromatic heterocycles. The molecule has 0 spiro atoms. The van der Waals surface area contributed by atoms with Gasteiger partial charge in [-0.1, -0.05) is 11.6 Å². The van der Waals surface area contributed by atoms with Crippen LogP contribution in [0.2, 0.25) is 5.02 Å². The molecule has 0 aliphatic carbocycles. The van der Waals surface area contributed by atoms with E-state index in [4.69, 9.17) is 16.3 Å². The Hall–Kier alpha value is -1.66. The largest absolute Gasteiger partial charge is 0.378 e. The van der Waals surface area contributed by atoms with E-state index in [0.717, 1.165) is 0 Å². The zero-order chi connectivity index (χ0) is 15.4. The number of morpholine rings is 1. The summed E-state index contributed by atoms with van der Waals surface area (Å²) in [4.78, 5) is 26.9. The van der Waals surface area contributed by atoms with Gasteiger partial charge in [-0.15, -0.1) is 0 Å². The minimum Gasteiger partial charge on any atom is -0.378 e. The maximum atomic E-state index is 13.2. The number of carbonyl (C=O) groups excluding carboxylic acids is 2. The van der Waals surface area contributed by atoms with Crippen molar-refractivity contribution in [3.05, 3.63) is 29.0 Å². The molecule has 7 heteroatoms. The molecule has 0 N–H and O–H groups in total. The van der Waals surface area contributed by atoms with Crippen molar-refractivity contribution in [2.24, 2.45) is 0 Å². The van der Waals surface area contributed by atoms with Crippen molar-refractivity contribution in [1.29, 1.82) is 0 Å². The fourth-order valence-electron chi connectivity index (χ4n) is 2.09. The number of carbonyl (C=O) groups is 2. The molecule has 2 amide bonds. The number of halogens is 2. The molecule has 1 aromatic carbocycles. The van der Waals surface area contributed by atoms with E-state index in [0.29, 0.717) is 32.0 Å². The Morgan fingerprint density at radius 1 is 1.38 bits per heavy atom. The molecule has 0 radical (unpaired) electrons. The highest BCUT2D eigenvalue weighted by molar-refractivity contribution is 6.31. The van der Waals surface area contributed by atoms with Crippen LogP contribution in [0.5, 0.6) is 0 Å². The van der Waals surface area contributed by atoms with Crippen molar-refractivity contribution in [3.63, 3.8) is 0 Å². The molecular weight excluding hydrogens is 299 g/mol. The number of rotatable bonds is 3. The van der Waals surface area contributed by atoms with Gasteiger partial charge in [0.25, 0.3) is 0 Å². The molecule has 0 unspecified atom stereocenters. The molecule has 0 bridgehead atoms. The van der Waals surface area contributed by atoms with Crippen molar-refractivity contribution in [1.82, 2.24) is 4.90 Å². The number of benzene rings is 1. The molecule has 114 valence electrons. The van der Waals surface area contributed by atoms with Crippen LogP contribution in [0.1, 0.15) is 6.92 Å². The highest BCUT2D eigenvalue weighted by Crippen LogP contribution is 2.23. The first-order valence-electron chi connectivity index (χ1n) is 6.57. The standard InChI is InChI=1S/C14H16ClFN2O3/c1-10(19)18(11-2-3-13(16)12(15)8-11)9-14(20)17-4-6-21-7-5-17/h2-3,8H,4-7,9H2,1H3. The number of anilines is 1. The average Bonchev–Trinajstić information content (AvgIpc) is 2.48. The smallest absolute Gasteiger partial charge is 0.242 e. The van der Waals surface area contributed by atoms with Crippen LogP contribution in [0.4, 0.5) is 10.1 Å². The summed E-state index contributed by atoms with van der Waals surface area (Å²) in [5, 5.41) is -0.0856. The minimum atomic E-state index is -0.566. The molecule has 5 nitrogen and oxygen atoms in total. The van der Waals surface area contributed by atoms with E-state index in [1.54, 1.807) is 4.90 Å². The van der Waals surface area contributed by atoms with E-state index in [-0.39, 0.29) is 23.4 Å². The van der Waals surface area contributed by atoms with Crippen LogP contribution in [-0.2, 0) is 14.3 Å². The first-order valence-corrected chi connectivity index (χ1v) is 6.95. The lowest BCUT2D eigenvalue weighted by atomic mass is 10.2. The lowest BCUT2D eigenvalue weighted by Gasteiger charge is -2.29. The Balaban J connectivity index is 2.13. The van der Waals surface area contributed by atoms with Crippen LogP contribution >= 0.6 is 11.6 Å². The highest BCUT2D eigenvalue weighted by atomic mass is 35.5. The molecule has 1 heterocycles. The first kappa shape index (κ1) is 15.7. The molecule has 1 saturated heterocycles. The molecule has 2 rings (SSSR count). The second-order valence-electron chi connectivity index (χ2n) is 4.70. The summed E-state index contributed by atoms with van der Waals surface area (Å²) in [6.07, 6.45) is 0. The van der Waals surface area contributed by atoms with Crippen molar-refractivity contribution in [2.45, 2.75) is 6.92 Å². The summed E-state index contributed by atoms with van der Waals surface area (Å²) in [6, 6.07) is 3.94. The fourth-order valence-corrected chi connectivity index (χ4v) is 2.26. The second kappa shape index (κ2) is 6.87. The molecule has 1 aliphatic heterocycles. The van der Waals surface area contributed by atoms with Gasteiger partial charge >= 0.3 is 0 Å². The van der Waals surface area contributed by atoms with Crippen molar-refractivity contribution < 1.29 is 18.7 Å². The SMILES string of the molecule is CC(=O)N(CC(=O)N1CCOCC1)c1ccc(F)c(Cl)c1. The Bertz CT molecular complexity index is 547. The number of amides is 2. The van der Waals surface area contributed by atoms with Crippen LogP contribution in [0, 0.1) is 5.82 Å². The van der Waals surface area contributed by atoms with Gasteiger partial charge in [-0.05, 0) is 18.2 Å². The summed E-state index contributed by atoms with van der Waals surface area (Å²) in [5.74, 6) is -1.04. The summed E-state index contributed by atoms with van der Waals surface area (Å²) in [6.45, 7) is 3.26. The quantitative estimate of drug-likeness (QED) is 0.853. The molecule has 1 aromatic rings. The zero-order valence-electron chi connectivity index (χ0n) is 11.6.